The molecule has 1 fully saturated rings. The average Bonchev–Trinajstić information content (AvgIpc) is 3.11. The van der Waals surface area contributed by atoms with Crippen molar-refractivity contribution in [1.82, 2.24) is 9.88 Å². The zero-order valence-electron chi connectivity index (χ0n) is 15.1. The van der Waals surface area contributed by atoms with Gasteiger partial charge in [0.05, 0.1) is 20.8 Å². The molecule has 1 aromatic heterocycles. The number of thiazole rings is 1. The van der Waals surface area contributed by atoms with Crippen LogP contribution in [-0.4, -0.2) is 42.0 Å². The predicted molar refractivity (Wildman–Crippen MR) is 114 cm³/mol. The summed E-state index contributed by atoms with van der Waals surface area (Å²) in [6, 6.07) is 9.27. The first-order chi connectivity index (χ1) is 12.9. The van der Waals surface area contributed by atoms with Gasteiger partial charge in [-0.05, 0) is 49.2 Å². The Morgan fingerprint density at radius 3 is 2.56 bits per heavy atom. The zero-order valence-corrected chi connectivity index (χ0v) is 17.5. The summed E-state index contributed by atoms with van der Waals surface area (Å²) in [5.74, 6) is -0.0714. The summed E-state index contributed by atoms with van der Waals surface area (Å²) < 4.78 is 1.21. The summed E-state index contributed by atoms with van der Waals surface area (Å²) >= 11 is 13.9. The first kappa shape index (κ1) is 18.5. The van der Waals surface area contributed by atoms with E-state index in [0.29, 0.717) is 28.7 Å². The second-order valence-electron chi connectivity index (χ2n) is 6.75. The van der Waals surface area contributed by atoms with Crippen LogP contribution in [0.15, 0.2) is 30.3 Å². The molecule has 0 spiro atoms. The zero-order chi connectivity index (χ0) is 19.1. The Hall–Kier alpha value is -1.82. The molecule has 3 aromatic rings. The minimum Gasteiger partial charge on any atom is -0.345 e. The largest absolute Gasteiger partial charge is 0.345 e. The van der Waals surface area contributed by atoms with Gasteiger partial charge in [-0.1, -0.05) is 40.6 Å². The molecular formula is C20H19Cl2N3OS. The molecule has 1 aliphatic heterocycles. The molecule has 4 nitrogen and oxygen atoms in total. The van der Waals surface area contributed by atoms with E-state index in [4.69, 9.17) is 28.2 Å². The number of anilines is 1. The highest BCUT2D eigenvalue weighted by molar-refractivity contribution is 7.22. The van der Waals surface area contributed by atoms with Gasteiger partial charge in [0.25, 0.3) is 5.91 Å². The maximum atomic E-state index is 12.8. The van der Waals surface area contributed by atoms with Crippen LogP contribution in [-0.2, 0) is 0 Å². The predicted octanol–water partition coefficient (Wildman–Crippen LogP) is 5.18. The number of benzene rings is 2. The topological polar surface area (TPSA) is 36.4 Å². The van der Waals surface area contributed by atoms with Gasteiger partial charge in [0.2, 0.25) is 0 Å². The summed E-state index contributed by atoms with van der Waals surface area (Å²) in [5.41, 5.74) is 4.04. The number of halogens is 2. The highest BCUT2D eigenvalue weighted by atomic mass is 35.5. The smallest absolute Gasteiger partial charge is 0.255 e. The van der Waals surface area contributed by atoms with Crippen LogP contribution in [0.2, 0.25) is 10.0 Å². The van der Waals surface area contributed by atoms with E-state index in [0.717, 1.165) is 23.7 Å². The molecule has 0 radical (unpaired) electrons. The second kappa shape index (κ2) is 7.30. The van der Waals surface area contributed by atoms with Crippen molar-refractivity contribution in [1.29, 1.82) is 0 Å². The Balaban J connectivity index is 1.50. The van der Waals surface area contributed by atoms with Crippen molar-refractivity contribution in [3.05, 3.63) is 57.1 Å². The first-order valence-corrected chi connectivity index (χ1v) is 10.4. The number of aromatic nitrogens is 1. The normalized spacial score (nSPS) is 14.8. The van der Waals surface area contributed by atoms with Gasteiger partial charge in [-0.3, -0.25) is 4.79 Å². The molecule has 0 unspecified atom stereocenters. The second-order valence-corrected chi connectivity index (χ2v) is 8.61. The van der Waals surface area contributed by atoms with Crippen molar-refractivity contribution in [2.75, 3.05) is 31.1 Å². The van der Waals surface area contributed by atoms with Crippen LogP contribution in [0.1, 0.15) is 21.5 Å². The van der Waals surface area contributed by atoms with Crippen LogP contribution >= 0.6 is 34.5 Å². The van der Waals surface area contributed by atoms with Crippen molar-refractivity contribution in [2.24, 2.45) is 0 Å². The van der Waals surface area contributed by atoms with Crippen LogP contribution < -0.4 is 4.90 Å². The Morgan fingerprint density at radius 1 is 1.07 bits per heavy atom. The molecule has 0 bridgehead atoms. The van der Waals surface area contributed by atoms with E-state index in [9.17, 15) is 4.79 Å². The number of piperazine rings is 1. The third kappa shape index (κ3) is 3.51. The Kier molecular flexibility index (Phi) is 5.01. The van der Waals surface area contributed by atoms with Gasteiger partial charge in [0.1, 0.15) is 0 Å². The summed E-state index contributed by atoms with van der Waals surface area (Å²) in [7, 11) is 0. The monoisotopic (exact) mass is 419 g/mol. The van der Waals surface area contributed by atoms with Gasteiger partial charge in [-0.2, -0.15) is 0 Å². The van der Waals surface area contributed by atoms with Gasteiger partial charge < -0.3 is 9.80 Å². The molecule has 1 aliphatic rings. The third-order valence-electron chi connectivity index (χ3n) is 5.07. The number of hydrogen-bond donors (Lipinski definition) is 0. The van der Waals surface area contributed by atoms with E-state index < -0.39 is 0 Å². The SMILES string of the molecule is Cc1ccc2sc(N3CCN(C(=O)c4cc(Cl)ccc4Cl)CC3)nc2c1C. The molecule has 0 N–H and O–H groups in total. The molecule has 2 heterocycles. The highest BCUT2D eigenvalue weighted by Crippen LogP contribution is 2.32. The number of rotatable bonds is 2. The molecule has 0 atom stereocenters. The van der Waals surface area contributed by atoms with E-state index in [1.807, 2.05) is 4.90 Å². The standard InChI is InChI=1S/C20H19Cl2N3OS/c1-12-3-6-17-18(13(12)2)23-20(27-17)25-9-7-24(8-10-25)19(26)15-11-14(21)4-5-16(15)22/h3-6,11H,7-10H2,1-2H3. The van der Waals surface area contributed by atoms with Crippen molar-refractivity contribution in [2.45, 2.75) is 13.8 Å². The van der Waals surface area contributed by atoms with Gasteiger partial charge >= 0.3 is 0 Å². The van der Waals surface area contributed by atoms with Crippen LogP contribution in [0.25, 0.3) is 10.2 Å². The first-order valence-electron chi connectivity index (χ1n) is 8.80. The molecule has 1 saturated heterocycles. The molecule has 4 rings (SSSR count). The molecule has 7 heteroatoms. The number of amides is 1. The maximum Gasteiger partial charge on any atom is 0.255 e. The number of carbonyl (C=O) groups is 1. The highest BCUT2D eigenvalue weighted by Gasteiger charge is 2.25. The van der Waals surface area contributed by atoms with Crippen molar-refractivity contribution < 1.29 is 4.79 Å². The number of hydrogen-bond acceptors (Lipinski definition) is 4. The summed E-state index contributed by atoms with van der Waals surface area (Å²) in [6.07, 6.45) is 0. The average molecular weight is 420 g/mol. The molecule has 2 aromatic carbocycles. The number of nitrogens with zero attached hydrogens (tertiary/aromatic N) is 3. The quantitative estimate of drug-likeness (QED) is 0.573. The molecule has 1 amide bonds. The Bertz CT molecular complexity index is 1030. The minimum atomic E-state index is -0.0714. The van der Waals surface area contributed by atoms with Crippen LogP contribution in [0.3, 0.4) is 0 Å². The van der Waals surface area contributed by atoms with E-state index in [1.54, 1.807) is 29.5 Å². The third-order valence-corrected chi connectivity index (χ3v) is 6.72. The fourth-order valence-corrected chi connectivity index (χ4v) is 4.73. The van der Waals surface area contributed by atoms with Crippen molar-refractivity contribution >= 4 is 55.8 Å². The molecular weight excluding hydrogens is 401 g/mol. The van der Waals surface area contributed by atoms with E-state index in [-0.39, 0.29) is 5.91 Å². The molecule has 27 heavy (non-hydrogen) atoms. The van der Waals surface area contributed by atoms with E-state index >= 15 is 0 Å². The number of aryl methyl sites for hydroxylation is 2. The molecule has 0 aliphatic carbocycles. The number of carbonyl (C=O) groups excluding carboxylic acids is 1. The fourth-order valence-electron chi connectivity index (χ4n) is 3.28. The molecule has 0 saturated carbocycles. The Labute approximate surface area is 172 Å². The van der Waals surface area contributed by atoms with E-state index in [1.165, 1.54) is 15.8 Å². The number of fused-ring (bicyclic) bond motifs is 1. The minimum absolute atomic E-state index is 0.0714. The lowest BCUT2D eigenvalue weighted by Gasteiger charge is -2.34. The lowest BCUT2D eigenvalue weighted by Crippen LogP contribution is -2.48. The Morgan fingerprint density at radius 2 is 1.81 bits per heavy atom. The summed E-state index contributed by atoms with van der Waals surface area (Å²) in [6.45, 7) is 7.00. The van der Waals surface area contributed by atoms with Gasteiger partial charge in [0.15, 0.2) is 5.13 Å². The van der Waals surface area contributed by atoms with Crippen LogP contribution in [0.5, 0.6) is 0 Å². The van der Waals surface area contributed by atoms with Gasteiger partial charge in [-0.25, -0.2) is 4.98 Å². The fraction of sp³-hybridized carbons (Fsp3) is 0.300. The van der Waals surface area contributed by atoms with Crippen molar-refractivity contribution in [3.63, 3.8) is 0 Å². The van der Waals surface area contributed by atoms with Crippen LogP contribution in [0.4, 0.5) is 5.13 Å². The maximum absolute atomic E-state index is 12.8. The summed E-state index contributed by atoms with van der Waals surface area (Å²) in [5, 5.41) is 1.97. The van der Waals surface area contributed by atoms with E-state index in [2.05, 4.69) is 30.9 Å². The van der Waals surface area contributed by atoms with Crippen LogP contribution in [0, 0.1) is 13.8 Å². The van der Waals surface area contributed by atoms with Gasteiger partial charge in [0, 0.05) is 31.2 Å². The van der Waals surface area contributed by atoms with Crippen molar-refractivity contribution in [3.8, 4) is 0 Å². The summed E-state index contributed by atoms with van der Waals surface area (Å²) in [4.78, 5) is 21.7. The van der Waals surface area contributed by atoms with Gasteiger partial charge in [-0.15, -0.1) is 0 Å². The lowest BCUT2D eigenvalue weighted by atomic mass is 10.1. The molecule has 140 valence electrons. The lowest BCUT2D eigenvalue weighted by molar-refractivity contribution is 0.0747.